The highest BCUT2D eigenvalue weighted by Crippen LogP contribution is 2.45. The Morgan fingerprint density at radius 3 is 2.47 bits per heavy atom. The molecule has 1 aliphatic heterocycles. The van der Waals surface area contributed by atoms with Crippen LogP contribution in [-0.4, -0.2) is 35.2 Å². The van der Waals surface area contributed by atoms with Crippen molar-refractivity contribution in [3.8, 4) is 5.75 Å². The molecule has 1 saturated heterocycles. The van der Waals surface area contributed by atoms with Crippen molar-refractivity contribution in [1.29, 1.82) is 0 Å². The van der Waals surface area contributed by atoms with Crippen LogP contribution in [-0.2, 0) is 6.54 Å². The van der Waals surface area contributed by atoms with Crippen molar-refractivity contribution in [3.63, 3.8) is 0 Å². The van der Waals surface area contributed by atoms with E-state index in [1.165, 1.54) is 12.1 Å². The maximum Gasteiger partial charge on any atom is 0.338 e. The molecule has 1 N–H and O–H groups in total. The first-order valence-corrected chi connectivity index (χ1v) is 10.6. The van der Waals surface area contributed by atoms with Gasteiger partial charge in [0.1, 0.15) is 17.7 Å². The van der Waals surface area contributed by atoms with Gasteiger partial charge < -0.3 is 9.84 Å². The second kappa shape index (κ2) is 9.73. The molecule has 0 aromatic heterocycles. The molecular weight excluding hydrogens is 452 g/mol. The van der Waals surface area contributed by atoms with Crippen LogP contribution in [0, 0.1) is 5.82 Å². The lowest BCUT2D eigenvalue weighted by Crippen LogP contribution is -2.40. The molecule has 8 heteroatoms. The molecule has 1 aliphatic carbocycles. The van der Waals surface area contributed by atoms with Crippen LogP contribution in [0.4, 0.5) is 4.39 Å². The second-order valence-electron chi connectivity index (χ2n) is 7.84. The molecule has 0 bridgehead atoms. The van der Waals surface area contributed by atoms with Gasteiger partial charge >= 0.3 is 5.97 Å². The molecule has 2 fully saturated rings. The third kappa shape index (κ3) is 5.58. The van der Waals surface area contributed by atoms with Crippen LogP contribution in [0.1, 0.15) is 53.1 Å². The van der Waals surface area contributed by atoms with Crippen molar-refractivity contribution in [2.75, 3.05) is 13.1 Å². The van der Waals surface area contributed by atoms with Gasteiger partial charge in [-0.15, -0.1) is 12.4 Å². The van der Waals surface area contributed by atoms with Crippen molar-refractivity contribution in [3.05, 3.63) is 62.9 Å². The van der Waals surface area contributed by atoms with Gasteiger partial charge in [-0.1, -0.05) is 23.2 Å². The number of aromatic carboxylic acids is 1. The van der Waals surface area contributed by atoms with E-state index in [1.54, 1.807) is 6.07 Å². The summed E-state index contributed by atoms with van der Waals surface area (Å²) in [5.41, 5.74) is 1.56. The molecule has 2 aromatic rings. The Morgan fingerprint density at radius 1 is 1.13 bits per heavy atom. The fourth-order valence-corrected chi connectivity index (χ4v) is 4.52. The van der Waals surface area contributed by atoms with Crippen LogP contribution in [0.5, 0.6) is 5.75 Å². The number of likely N-dealkylation sites (tertiary alicyclic amines) is 1. The lowest BCUT2D eigenvalue weighted by molar-refractivity contribution is 0.0690. The monoisotopic (exact) mass is 473 g/mol. The van der Waals surface area contributed by atoms with Crippen molar-refractivity contribution < 1.29 is 19.0 Å². The summed E-state index contributed by atoms with van der Waals surface area (Å²) < 4.78 is 20.5. The minimum Gasteiger partial charge on any atom is -0.489 e. The molecule has 0 amide bonds. The Kier molecular flexibility index (Phi) is 7.51. The van der Waals surface area contributed by atoms with E-state index in [9.17, 15) is 14.3 Å². The number of carboxylic acid groups (broad SMARTS) is 1. The lowest BCUT2D eigenvalue weighted by atomic mass is 10.0. The maximum absolute atomic E-state index is 14.3. The topological polar surface area (TPSA) is 49.8 Å². The highest BCUT2D eigenvalue weighted by Gasteiger charge is 2.31. The number of carboxylic acids is 1. The number of benzene rings is 2. The van der Waals surface area contributed by atoms with Gasteiger partial charge in [0.15, 0.2) is 0 Å². The van der Waals surface area contributed by atoms with Gasteiger partial charge in [0, 0.05) is 29.2 Å². The first kappa shape index (κ1) is 23.1. The van der Waals surface area contributed by atoms with Gasteiger partial charge in [-0.05, 0) is 73.5 Å². The quantitative estimate of drug-likeness (QED) is 0.544. The van der Waals surface area contributed by atoms with Gasteiger partial charge in [-0.2, -0.15) is 0 Å². The number of rotatable bonds is 6. The van der Waals surface area contributed by atoms with Crippen molar-refractivity contribution in [2.24, 2.45) is 0 Å². The largest absolute Gasteiger partial charge is 0.489 e. The predicted molar refractivity (Wildman–Crippen MR) is 118 cm³/mol. The van der Waals surface area contributed by atoms with Crippen molar-refractivity contribution in [2.45, 2.75) is 44.2 Å². The maximum atomic E-state index is 14.3. The Bertz CT molecular complexity index is 916. The summed E-state index contributed by atoms with van der Waals surface area (Å²) in [6.45, 7) is 2.35. The fraction of sp³-hybridized carbons (Fsp3) is 0.409. The zero-order chi connectivity index (χ0) is 20.5. The predicted octanol–water partition coefficient (Wildman–Crippen LogP) is 6.17. The molecule has 0 unspecified atom stereocenters. The highest BCUT2D eigenvalue weighted by molar-refractivity contribution is 6.34. The Morgan fingerprint density at radius 2 is 1.83 bits per heavy atom. The summed E-state index contributed by atoms with van der Waals surface area (Å²) in [7, 11) is 0. The number of hydrogen-bond donors (Lipinski definition) is 1. The van der Waals surface area contributed by atoms with Crippen LogP contribution < -0.4 is 4.74 Å². The van der Waals surface area contributed by atoms with Gasteiger partial charge in [0.25, 0.3) is 0 Å². The Balaban J connectivity index is 0.00000256. The molecule has 162 valence electrons. The van der Waals surface area contributed by atoms with E-state index < -0.39 is 11.8 Å². The van der Waals surface area contributed by atoms with Gasteiger partial charge in [-0.25, -0.2) is 9.18 Å². The van der Waals surface area contributed by atoms with Crippen LogP contribution in [0.2, 0.25) is 10.0 Å². The number of carbonyl (C=O) groups is 1. The van der Waals surface area contributed by atoms with Crippen molar-refractivity contribution >= 4 is 41.6 Å². The van der Waals surface area contributed by atoms with Crippen LogP contribution in [0.25, 0.3) is 0 Å². The molecule has 1 atom stereocenters. The minimum atomic E-state index is -1.25. The average molecular weight is 475 g/mol. The number of ether oxygens (including phenoxy) is 1. The number of hydrogen-bond acceptors (Lipinski definition) is 3. The molecule has 1 saturated carbocycles. The summed E-state index contributed by atoms with van der Waals surface area (Å²) >= 11 is 12.2. The molecular formula is C22H23Cl3FNO3. The van der Waals surface area contributed by atoms with Gasteiger partial charge in [0.05, 0.1) is 5.56 Å². The molecule has 1 heterocycles. The summed E-state index contributed by atoms with van der Waals surface area (Å²) in [5, 5.41) is 10.4. The van der Waals surface area contributed by atoms with E-state index in [1.807, 2.05) is 12.1 Å². The first-order chi connectivity index (χ1) is 13.9. The van der Waals surface area contributed by atoms with E-state index in [0.717, 1.165) is 43.4 Å². The summed E-state index contributed by atoms with van der Waals surface area (Å²) in [6.07, 6.45) is 3.72. The fourth-order valence-electron chi connectivity index (χ4n) is 3.94. The molecule has 2 aromatic carbocycles. The van der Waals surface area contributed by atoms with Crippen LogP contribution in [0.3, 0.4) is 0 Å². The van der Waals surface area contributed by atoms with E-state index in [-0.39, 0.29) is 30.0 Å². The minimum absolute atomic E-state index is 0. The average Bonchev–Trinajstić information content (AvgIpc) is 3.46. The van der Waals surface area contributed by atoms with E-state index >= 15 is 0 Å². The standard InChI is InChI=1S/C22H22Cl2FNO3.ClH/c23-15-6-13(7-16(24)8-15)11-26-5-1-2-17(12-26)29-21-10-20(25)19(22(27)28)9-18(21)14-3-4-14;/h6-10,14,17H,1-5,11-12H2,(H,27,28);1H/t17-;/m1./s1. The zero-order valence-electron chi connectivity index (χ0n) is 16.2. The highest BCUT2D eigenvalue weighted by atomic mass is 35.5. The van der Waals surface area contributed by atoms with Gasteiger partial charge in [-0.3, -0.25) is 4.90 Å². The number of nitrogens with zero attached hydrogens (tertiary/aromatic N) is 1. The SMILES string of the molecule is Cl.O=C(O)c1cc(C2CC2)c(O[C@@H]2CCCN(Cc3cc(Cl)cc(Cl)c3)C2)cc1F. The molecule has 2 aliphatic rings. The zero-order valence-corrected chi connectivity index (χ0v) is 18.6. The third-order valence-electron chi connectivity index (χ3n) is 5.43. The molecule has 30 heavy (non-hydrogen) atoms. The third-order valence-corrected chi connectivity index (χ3v) is 5.87. The Hall–Kier alpha value is -1.53. The van der Waals surface area contributed by atoms with E-state index in [4.69, 9.17) is 27.9 Å². The second-order valence-corrected chi connectivity index (χ2v) is 8.72. The Labute approximate surface area is 191 Å². The summed E-state index contributed by atoms with van der Waals surface area (Å²) in [5.74, 6) is -1.26. The molecule has 0 spiro atoms. The van der Waals surface area contributed by atoms with E-state index in [0.29, 0.717) is 28.9 Å². The lowest BCUT2D eigenvalue weighted by Gasteiger charge is -2.33. The number of halogens is 4. The molecule has 0 radical (unpaired) electrons. The van der Waals surface area contributed by atoms with Gasteiger partial charge in [0.2, 0.25) is 0 Å². The summed E-state index contributed by atoms with van der Waals surface area (Å²) in [6, 6.07) is 8.21. The summed E-state index contributed by atoms with van der Waals surface area (Å²) in [4.78, 5) is 13.5. The van der Waals surface area contributed by atoms with Crippen molar-refractivity contribution in [1.82, 2.24) is 4.90 Å². The normalized spacial score (nSPS) is 19.2. The number of piperidine rings is 1. The van der Waals surface area contributed by atoms with E-state index in [2.05, 4.69) is 4.90 Å². The van der Waals surface area contributed by atoms with Crippen LogP contribution >= 0.6 is 35.6 Å². The smallest absolute Gasteiger partial charge is 0.338 e. The molecule has 4 rings (SSSR count). The first-order valence-electron chi connectivity index (χ1n) is 9.80. The molecule has 4 nitrogen and oxygen atoms in total. The van der Waals surface area contributed by atoms with Crippen LogP contribution in [0.15, 0.2) is 30.3 Å².